The first-order chi connectivity index (χ1) is 8.16. The van der Waals surface area contributed by atoms with Gasteiger partial charge >= 0.3 is 5.97 Å². The summed E-state index contributed by atoms with van der Waals surface area (Å²) in [6.07, 6.45) is 3.11. The molecule has 1 amide bonds. The predicted octanol–water partition coefficient (Wildman–Crippen LogP) is 0.701. The quantitative estimate of drug-likeness (QED) is 0.746. The Hall–Kier alpha value is -2.11. The van der Waals surface area contributed by atoms with Crippen molar-refractivity contribution in [1.29, 1.82) is 0 Å². The summed E-state index contributed by atoms with van der Waals surface area (Å²) in [4.78, 5) is 28.7. The average Bonchev–Trinajstić information content (AvgIpc) is 2.78. The van der Waals surface area contributed by atoms with Crippen LogP contribution in [0, 0.1) is 0 Å². The van der Waals surface area contributed by atoms with Crippen molar-refractivity contribution < 1.29 is 14.7 Å². The van der Waals surface area contributed by atoms with E-state index in [0.29, 0.717) is 11.5 Å². The Balaban J connectivity index is 2.07. The first kappa shape index (κ1) is 10.1. The fourth-order valence-corrected chi connectivity index (χ4v) is 2.40. The molecule has 1 aromatic heterocycles. The van der Waals surface area contributed by atoms with Gasteiger partial charge in [0, 0.05) is 12.7 Å². The third-order valence-corrected chi connectivity index (χ3v) is 3.20. The van der Waals surface area contributed by atoms with Crippen molar-refractivity contribution in [2.45, 2.75) is 18.9 Å². The molecule has 0 saturated carbocycles. The maximum absolute atomic E-state index is 11.8. The van der Waals surface area contributed by atoms with Crippen LogP contribution in [0.15, 0.2) is 12.3 Å². The molecular weight excluding hydrogens is 222 g/mol. The summed E-state index contributed by atoms with van der Waals surface area (Å²) in [5.74, 6) is -0.436. The normalized spacial score (nSPS) is 21.8. The summed E-state index contributed by atoms with van der Waals surface area (Å²) < 4.78 is 0. The molecule has 0 spiro atoms. The molecule has 2 N–H and O–H groups in total. The zero-order chi connectivity index (χ0) is 12.0. The van der Waals surface area contributed by atoms with E-state index in [9.17, 15) is 9.59 Å². The molecule has 0 radical (unpaired) electrons. The van der Waals surface area contributed by atoms with Crippen LogP contribution in [0.25, 0.3) is 0 Å². The highest BCUT2D eigenvalue weighted by atomic mass is 16.4. The minimum Gasteiger partial charge on any atom is -0.478 e. The van der Waals surface area contributed by atoms with E-state index in [-0.39, 0.29) is 17.5 Å². The van der Waals surface area contributed by atoms with Gasteiger partial charge < -0.3 is 15.3 Å². The molecule has 0 bridgehead atoms. The number of hydrogen-bond acceptors (Lipinski definition) is 4. The van der Waals surface area contributed by atoms with Crippen molar-refractivity contribution in [3.05, 3.63) is 17.8 Å². The van der Waals surface area contributed by atoms with E-state index in [1.807, 2.05) is 4.90 Å². The van der Waals surface area contributed by atoms with Crippen LogP contribution >= 0.6 is 0 Å². The zero-order valence-corrected chi connectivity index (χ0v) is 9.01. The van der Waals surface area contributed by atoms with Crippen LogP contribution < -0.4 is 10.2 Å². The van der Waals surface area contributed by atoms with Crippen molar-refractivity contribution in [2.24, 2.45) is 0 Å². The number of carboxylic acids is 1. The first-order valence-electron chi connectivity index (χ1n) is 5.47. The number of fused-ring (bicyclic) bond motifs is 3. The summed E-state index contributed by atoms with van der Waals surface area (Å²) in [5.41, 5.74) is 0.578. The fraction of sp³-hybridized carbons (Fsp3) is 0.364. The number of amides is 1. The Bertz CT molecular complexity index is 515. The number of aromatic carboxylic acids is 1. The highest BCUT2D eigenvalue weighted by Crippen LogP contribution is 2.35. The lowest BCUT2D eigenvalue weighted by Crippen LogP contribution is -2.44. The number of nitrogens with zero attached hydrogens (tertiary/aromatic N) is 2. The van der Waals surface area contributed by atoms with Gasteiger partial charge in [-0.3, -0.25) is 4.79 Å². The summed E-state index contributed by atoms with van der Waals surface area (Å²) in [6.45, 7) is 0.796. The summed E-state index contributed by atoms with van der Waals surface area (Å²) in [7, 11) is 0. The molecule has 1 aromatic rings. The number of aromatic nitrogens is 1. The number of anilines is 2. The van der Waals surface area contributed by atoms with Gasteiger partial charge in [0.05, 0.1) is 11.3 Å². The first-order valence-corrected chi connectivity index (χ1v) is 5.47. The minimum absolute atomic E-state index is 0.0701. The van der Waals surface area contributed by atoms with Crippen LogP contribution in [0.3, 0.4) is 0 Å². The van der Waals surface area contributed by atoms with E-state index in [1.165, 1.54) is 12.3 Å². The monoisotopic (exact) mass is 233 g/mol. The Morgan fingerprint density at radius 2 is 2.41 bits per heavy atom. The number of carboxylic acid groups (broad SMARTS) is 1. The molecule has 3 heterocycles. The highest BCUT2D eigenvalue weighted by Gasteiger charge is 2.37. The van der Waals surface area contributed by atoms with E-state index < -0.39 is 5.97 Å². The largest absolute Gasteiger partial charge is 0.478 e. The van der Waals surface area contributed by atoms with Crippen LogP contribution in [0.2, 0.25) is 0 Å². The van der Waals surface area contributed by atoms with Crippen LogP contribution in [0.1, 0.15) is 23.2 Å². The zero-order valence-electron chi connectivity index (χ0n) is 9.01. The highest BCUT2D eigenvalue weighted by molar-refractivity contribution is 6.04. The van der Waals surface area contributed by atoms with Crippen molar-refractivity contribution in [1.82, 2.24) is 4.98 Å². The van der Waals surface area contributed by atoms with Crippen LogP contribution in [0.4, 0.5) is 11.5 Å². The number of nitrogens with one attached hydrogen (secondary N) is 1. The molecule has 1 unspecified atom stereocenters. The molecule has 1 saturated heterocycles. The van der Waals surface area contributed by atoms with E-state index in [1.54, 1.807) is 0 Å². The van der Waals surface area contributed by atoms with Gasteiger partial charge in [-0.15, -0.1) is 0 Å². The smallest absolute Gasteiger partial charge is 0.337 e. The average molecular weight is 233 g/mol. The molecular formula is C11H11N3O3. The van der Waals surface area contributed by atoms with Crippen LogP contribution in [-0.2, 0) is 4.79 Å². The van der Waals surface area contributed by atoms with Crippen molar-refractivity contribution in [3.63, 3.8) is 0 Å². The van der Waals surface area contributed by atoms with Gasteiger partial charge in [0.2, 0.25) is 5.91 Å². The molecule has 0 aliphatic carbocycles. The lowest BCUT2D eigenvalue weighted by Gasteiger charge is -2.31. The Kier molecular flexibility index (Phi) is 2.04. The molecule has 17 heavy (non-hydrogen) atoms. The SMILES string of the molecule is O=C(O)c1cnc2c(c1)NC(=O)C1CCCN21. The van der Waals surface area contributed by atoms with Gasteiger partial charge in [-0.2, -0.15) is 0 Å². The summed E-state index contributed by atoms with van der Waals surface area (Å²) in [5, 5.41) is 11.6. The molecule has 2 aliphatic heterocycles. The maximum Gasteiger partial charge on any atom is 0.337 e. The van der Waals surface area contributed by atoms with Crippen LogP contribution in [-0.4, -0.2) is 34.6 Å². The molecule has 2 aliphatic rings. The van der Waals surface area contributed by atoms with Gasteiger partial charge in [-0.1, -0.05) is 0 Å². The number of carbonyl (C=O) groups is 2. The van der Waals surface area contributed by atoms with Crippen molar-refractivity contribution in [3.8, 4) is 0 Å². The van der Waals surface area contributed by atoms with Gasteiger partial charge in [-0.25, -0.2) is 9.78 Å². The van der Waals surface area contributed by atoms with Gasteiger partial charge in [-0.05, 0) is 18.9 Å². The maximum atomic E-state index is 11.8. The van der Waals surface area contributed by atoms with Gasteiger partial charge in [0.15, 0.2) is 5.82 Å². The molecule has 6 nitrogen and oxygen atoms in total. The summed E-state index contributed by atoms with van der Waals surface area (Å²) in [6, 6.07) is 1.31. The summed E-state index contributed by atoms with van der Waals surface area (Å²) >= 11 is 0. The minimum atomic E-state index is -1.04. The van der Waals surface area contributed by atoms with Crippen LogP contribution in [0.5, 0.6) is 0 Å². The van der Waals surface area contributed by atoms with E-state index in [2.05, 4.69) is 10.3 Å². The number of pyridine rings is 1. The lowest BCUT2D eigenvalue weighted by molar-refractivity contribution is -0.117. The second kappa shape index (κ2) is 3.44. The standard InChI is InChI=1S/C11H11N3O3/c15-10-8-2-1-3-14(8)9-7(13-10)4-6(5-12-9)11(16)17/h4-5,8H,1-3H2,(H,13,15)(H,16,17). The number of rotatable bonds is 1. The fourth-order valence-electron chi connectivity index (χ4n) is 2.40. The van der Waals surface area contributed by atoms with Gasteiger partial charge in [0.1, 0.15) is 6.04 Å². The Morgan fingerprint density at radius 1 is 1.59 bits per heavy atom. The van der Waals surface area contributed by atoms with Gasteiger partial charge in [0.25, 0.3) is 0 Å². The second-order valence-electron chi connectivity index (χ2n) is 4.24. The third-order valence-electron chi connectivity index (χ3n) is 3.20. The molecule has 6 heteroatoms. The van der Waals surface area contributed by atoms with E-state index in [4.69, 9.17) is 5.11 Å². The van der Waals surface area contributed by atoms with E-state index in [0.717, 1.165) is 19.4 Å². The second-order valence-corrected chi connectivity index (χ2v) is 4.24. The lowest BCUT2D eigenvalue weighted by atomic mass is 10.1. The van der Waals surface area contributed by atoms with Crippen molar-refractivity contribution in [2.75, 3.05) is 16.8 Å². The van der Waals surface area contributed by atoms with Crippen molar-refractivity contribution >= 4 is 23.4 Å². The topological polar surface area (TPSA) is 82.5 Å². The number of hydrogen-bond donors (Lipinski definition) is 2. The molecule has 0 aromatic carbocycles. The number of carbonyl (C=O) groups excluding carboxylic acids is 1. The van der Waals surface area contributed by atoms with E-state index >= 15 is 0 Å². The Labute approximate surface area is 97.3 Å². The molecule has 88 valence electrons. The predicted molar refractivity (Wildman–Crippen MR) is 60.2 cm³/mol. The molecule has 1 atom stereocenters. The molecule has 1 fully saturated rings. The Morgan fingerprint density at radius 3 is 3.18 bits per heavy atom. The molecule has 3 rings (SSSR count). The third kappa shape index (κ3) is 1.44.